The fraction of sp³-hybridized carbons (Fsp3) is 0.571. The molecule has 0 amide bonds. The molecule has 1 unspecified atom stereocenters. The van der Waals surface area contributed by atoms with Gasteiger partial charge in [0.2, 0.25) is 0 Å². The van der Waals surface area contributed by atoms with Gasteiger partial charge in [-0.05, 0) is 44.5 Å². The summed E-state index contributed by atoms with van der Waals surface area (Å²) in [5, 5.41) is 3.48. The third-order valence-electron chi connectivity index (χ3n) is 3.76. The van der Waals surface area contributed by atoms with Crippen LogP contribution in [0.4, 0.5) is 10.1 Å². The molecule has 1 aromatic carbocycles. The van der Waals surface area contributed by atoms with Crippen LogP contribution in [0.2, 0.25) is 0 Å². The number of nitrogens with two attached hydrogens (primary N) is 1. The molecular formula is C14H22FN3. The maximum atomic E-state index is 12.9. The Morgan fingerprint density at radius 1 is 1.39 bits per heavy atom. The predicted molar refractivity (Wildman–Crippen MR) is 73.1 cm³/mol. The first-order valence-corrected chi connectivity index (χ1v) is 6.52. The number of likely N-dealkylation sites (tertiary alicyclic amines) is 1. The van der Waals surface area contributed by atoms with E-state index in [1.54, 1.807) is 12.1 Å². The van der Waals surface area contributed by atoms with Crippen molar-refractivity contribution in [2.24, 2.45) is 5.73 Å². The number of rotatable bonds is 4. The Hall–Kier alpha value is -1.13. The normalized spacial score (nSPS) is 24.7. The number of halogens is 1. The Bertz CT molecular complexity index is 391. The highest BCUT2D eigenvalue weighted by molar-refractivity contribution is 5.46. The summed E-state index contributed by atoms with van der Waals surface area (Å²) in [6, 6.07) is 7.02. The zero-order valence-electron chi connectivity index (χ0n) is 11.1. The van der Waals surface area contributed by atoms with Crippen molar-refractivity contribution in [1.82, 2.24) is 4.90 Å². The van der Waals surface area contributed by atoms with Gasteiger partial charge in [0.25, 0.3) is 0 Å². The molecule has 1 aliphatic heterocycles. The molecule has 1 fully saturated rings. The molecule has 18 heavy (non-hydrogen) atoms. The fourth-order valence-electron chi connectivity index (χ4n) is 2.50. The van der Waals surface area contributed by atoms with E-state index >= 15 is 0 Å². The summed E-state index contributed by atoms with van der Waals surface area (Å²) in [7, 11) is 0. The van der Waals surface area contributed by atoms with E-state index in [1.807, 2.05) is 0 Å². The van der Waals surface area contributed by atoms with E-state index < -0.39 is 0 Å². The lowest BCUT2D eigenvalue weighted by Gasteiger charge is -2.31. The van der Waals surface area contributed by atoms with Crippen molar-refractivity contribution < 1.29 is 4.39 Å². The molecule has 0 bridgehead atoms. The molecule has 1 saturated heterocycles. The SMILES string of the molecule is CC(C)N1CCC(CN)(Nc2ccc(F)cc2)C1. The van der Waals surface area contributed by atoms with Gasteiger partial charge in [-0.1, -0.05) is 0 Å². The largest absolute Gasteiger partial charge is 0.377 e. The average Bonchev–Trinajstić information content (AvgIpc) is 2.77. The maximum absolute atomic E-state index is 12.9. The van der Waals surface area contributed by atoms with Gasteiger partial charge in [0.15, 0.2) is 0 Å². The third-order valence-corrected chi connectivity index (χ3v) is 3.76. The van der Waals surface area contributed by atoms with Crippen LogP contribution in [0.3, 0.4) is 0 Å². The lowest BCUT2D eigenvalue weighted by molar-refractivity contribution is 0.262. The minimum absolute atomic E-state index is 0.0813. The van der Waals surface area contributed by atoms with Crippen LogP contribution in [-0.4, -0.2) is 36.1 Å². The minimum atomic E-state index is -0.211. The second-order valence-electron chi connectivity index (χ2n) is 5.43. The summed E-state index contributed by atoms with van der Waals surface area (Å²) in [6.07, 6.45) is 1.03. The van der Waals surface area contributed by atoms with Gasteiger partial charge in [0.1, 0.15) is 5.82 Å². The van der Waals surface area contributed by atoms with Gasteiger partial charge in [-0.15, -0.1) is 0 Å². The van der Waals surface area contributed by atoms with Crippen molar-refractivity contribution in [1.29, 1.82) is 0 Å². The van der Waals surface area contributed by atoms with E-state index in [2.05, 4.69) is 24.1 Å². The van der Waals surface area contributed by atoms with Gasteiger partial charge in [0, 0.05) is 31.4 Å². The lowest BCUT2D eigenvalue weighted by Crippen LogP contribution is -2.48. The van der Waals surface area contributed by atoms with E-state index in [9.17, 15) is 4.39 Å². The highest BCUT2D eigenvalue weighted by Gasteiger charge is 2.37. The van der Waals surface area contributed by atoms with Gasteiger partial charge in [0.05, 0.1) is 5.54 Å². The number of anilines is 1. The molecule has 1 atom stereocenters. The molecule has 0 aliphatic carbocycles. The molecule has 1 aliphatic rings. The Kier molecular flexibility index (Phi) is 3.88. The smallest absolute Gasteiger partial charge is 0.123 e. The molecule has 3 nitrogen and oxygen atoms in total. The van der Waals surface area contributed by atoms with E-state index in [4.69, 9.17) is 5.73 Å². The summed E-state index contributed by atoms with van der Waals surface area (Å²) < 4.78 is 12.9. The van der Waals surface area contributed by atoms with Gasteiger partial charge >= 0.3 is 0 Å². The standard InChI is InChI=1S/C14H22FN3/c1-11(2)18-8-7-14(9-16,10-18)17-13-5-3-12(15)4-6-13/h3-6,11,17H,7-10,16H2,1-2H3. The number of hydrogen-bond donors (Lipinski definition) is 2. The number of nitrogens with one attached hydrogen (secondary N) is 1. The second kappa shape index (κ2) is 5.24. The van der Waals surface area contributed by atoms with Gasteiger partial charge in [-0.25, -0.2) is 4.39 Å². The van der Waals surface area contributed by atoms with Crippen molar-refractivity contribution in [3.63, 3.8) is 0 Å². The molecule has 100 valence electrons. The van der Waals surface area contributed by atoms with Crippen LogP contribution in [0.1, 0.15) is 20.3 Å². The Morgan fingerprint density at radius 3 is 2.56 bits per heavy atom. The molecule has 2 rings (SSSR count). The van der Waals surface area contributed by atoms with Crippen molar-refractivity contribution in [3.05, 3.63) is 30.1 Å². The second-order valence-corrected chi connectivity index (χ2v) is 5.43. The molecule has 3 N–H and O–H groups in total. The van der Waals surface area contributed by atoms with Crippen LogP contribution in [0.15, 0.2) is 24.3 Å². The summed E-state index contributed by atoms with van der Waals surface area (Å²) in [6.45, 7) is 6.99. The predicted octanol–water partition coefficient (Wildman–Crippen LogP) is 2.05. The molecular weight excluding hydrogens is 229 g/mol. The quantitative estimate of drug-likeness (QED) is 0.860. The zero-order chi connectivity index (χ0) is 13.2. The monoisotopic (exact) mass is 251 g/mol. The van der Waals surface area contributed by atoms with Crippen molar-refractivity contribution >= 4 is 5.69 Å². The van der Waals surface area contributed by atoms with E-state index in [1.165, 1.54) is 12.1 Å². The van der Waals surface area contributed by atoms with Gasteiger partial charge in [-0.2, -0.15) is 0 Å². The highest BCUT2D eigenvalue weighted by Crippen LogP contribution is 2.26. The fourth-order valence-corrected chi connectivity index (χ4v) is 2.50. The Morgan fingerprint density at radius 2 is 2.06 bits per heavy atom. The summed E-state index contributed by atoms with van der Waals surface area (Å²) in [5.74, 6) is -0.211. The van der Waals surface area contributed by atoms with E-state index in [0.717, 1.165) is 25.2 Å². The van der Waals surface area contributed by atoms with Crippen LogP contribution in [-0.2, 0) is 0 Å². The molecule has 1 heterocycles. The van der Waals surface area contributed by atoms with Crippen LogP contribution in [0, 0.1) is 5.82 Å². The zero-order valence-corrected chi connectivity index (χ0v) is 11.1. The molecule has 0 radical (unpaired) electrons. The molecule has 1 aromatic rings. The van der Waals surface area contributed by atoms with Crippen molar-refractivity contribution in [2.75, 3.05) is 25.0 Å². The highest BCUT2D eigenvalue weighted by atomic mass is 19.1. The van der Waals surface area contributed by atoms with E-state index in [-0.39, 0.29) is 11.4 Å². The average molecular weight is 251 g/mol. The molecule has 0 aromatic heterocycles. The first kappa shape index (κ1) is 13.3. The van der Waals surface area contributed by atoms with Crippen molar-refractivity contribution in [2.45, 2.75) is 31.8 Å². The van der Waals surface area contributed by atoms with Crippen molar-refractivity contribution in [3.8, 4) is 0 Å². The van der Waals surface area contributed by atoms with Gasteiger partial charge in [-0.3, -0.25) is 4.90 Å². The molecule has 0 spiro atoms. The Balaban J connectivity index is 2.08. The topological polar surface area (TPSA) is 41.3 Å². The number of hydrogen-bond acceptors (Lipinski definition) is 3. The summed E-state index contributed by atoms with van der Waals surface area (Å²) in [4.78, 5) is 2.42. The number of benzene rings is 1. The summed E-state index contributed by atoms with van der Waals surface area (Å²) >= 11 is 0. The van der Waals surface area contributed by atoms with Gasteiger partial charge < -0.3 is 11.1 Å². The summed E-state index contributed by atoms with van der Waals surface area (Å²) in [5.41, 5.74) is 6.80. The number of nitrogens with zero attached hydrogens (tertiary/aromatic N) is 1. The minimum Gasteiger partial charge on any atom is -0.377 e. The molecule has 0 saturated carbocycles. The van der Waals surface area contributed by atoms with E-state index in [0.29, 0.717) is 12.6 Å². The lowest BCUT2D eigenvalue weighted by atomic mass is 9.98. The first-order valence-electron chi connectivity index (χ1n) is 6.52. The molecule has 4 heteroatoms. The van der Waals surface area contributed by atoms with Crippen LogP contribution >= 0.6 is 0 Å². The van der Waals surface area contributed by atoms with Crippen LogP contribution in [0.25, 0.3) is 0 Å². The maximum Gasteiger partial charge on any atom is 0.123 e. The first-order chi connectivity index (χ1) is 8.54. The van der Waals surface area contributed by atoms with Crippen LogP contribution < -0.4 is 11.1 Å². The Labute approximate surface area is 108 Å². The van der Waals surface area contributed by atoms with Crippen LogP contribution in [0.5, 0.6) is 0 Å². The third kappa shape index (κ3) is 2.82.